The van der Waals surface area contributed by atoms with Crippen LogP contribution in [-0.2, 0) is 13.6 Å². The maximum absolute atomic E-state index is 12.1. The van der Waals surface area contributed by atoms with Gasteiger partial charge < -0.3 is 15.6 Å². The molecule has 0 unspecified atom stereocenters. The summed E-state index contributed by atoms with van der Waals surface area (Å²) in [6.45, 7) is 0.712. The third-order valence-electron chi connectivity index (χ3n) is 4.09. The molecule has 0 saturated carbocycles. The zero-order chi connectivity index (χ0) is 16.6. The molecule has 1 amide bonds. The van der Waals surface area contributed by atoms with Gasteiger partial charge in [0.05, 0.1) is 5.52 Å². The van der Waals surface area contributed by atoms with Gasteiger partial charge in [0, 0.05) is 29.4 Å². The van der Waals surface area contributed by atoms with Crippen LogP contribution in [0, 0.1) is 0 Å². The van der Waals surface area contributed by atoms with E-state index in [1.165, 1.54) is 0 Å². The van der Waals surface area contributed by atoms with Crippen LogP contribution in [0.5, 0.6) is 0 Å². The van der Waals surface area contributed by atoms with Crippen LogP contribution in [0.15, 0.2) is 47.4 Å². The molecule has 0 saturated heterocycles. The van der Waals surface area contributed by atoms with Crippen molar-refractivity contribution >= 4 is 29.4 Å². The molecule has 0 spiro atoms. The first-order valence-electron chi connectivity index (χ1n) is 7.39. The molecular formula is C18H19N3OS. The molecule has 0 aliphatic rings. The average molecular weight is 325 g/mol. The van der Waals surface area contributed by atoms with Crippen molar-refractivity contribution in [2.75, 3.05) is 7.05 Å². The van der Waals surface area contributed by atoms with Gasteiger partial charge >= 0.3 is 0 Å². The second-order valence-corrected chi connectivity index (χ2v) is 5.96. The highest BCUT2D eigenvalue weighted by atomic mass is 32.1. The topological polar surface area (TPSA) is 60.0 Å². The first-order chi connectivity index (χ1) is 11.1. The number of nitrogens with zero attached hydrogens (tertiary/aromatic N) is 1. The van der Waals surface area contributed by atoms with E-state index in [0.29, 0.717) is 12.2 Å². The molecule has 0 aliphatic carbocycles. The number of nitrogens with two attached hydrogens (primary N) is 1. The Labute approximate surface area is 140 Å². The normalized spacial score (nSPS) is 11.1. The van der Waals surface area contributed by atoms with Crippen molar-refractivity contribution in [3.05, 3.63) is 53.7 Å². The monoisotopic (exact) mass is 325 g/mol. The summed E-state index contributed by atoms with van der Waals surface area (Å²) in [7, 11) is 3.76. The Kier molecular flexibility index (Phi) is 4.15. The van der Waals surface area contributed by atoms with E-state index < -0.39 is 5.91 Å². The standard InChI is InChI=1S/C18H19N3OS/c1-20-10-12-8-9-13-15(17(12)23)14(11-6-4-3-5-7-11)16(18(19)22)21(13)2/h3-9,20,23H,10H2,1-2H3,(H2,19,22). The summed E-state index contributed by atoms with van der Waals surface area (Å²) >= 11 is 4.74. The molecule has 2 aromatic carbocycles. The smallest absolute Gasteiger partial charge is 0.266 e. The molecule has 23 heavy (non-hydrogen) atoms. The number of aryl methyl sites for hydroxylation is 1. The van der Waals surface area contributed by atoms with Gasteiger partial charge in [-0.05, 0) is 24.2 Å². The minimum absolute atomic E-state index is 0.439. The van der Waals surface area contributed by atoms with Gasteiger partial charge in [-0.15, -0.1) is 12.6 Å². The maximum Gasteiger partial charge on any atom is 0.266 e. The molecule has 0 aliphatic heterocycles. The van der Waals surface area contributed by atoms with Crippen molar-refractivity contribution < 1.29 is 4.79 Å². The van der Waals surface area contributed by atoms with Gasteiger partial charge in [0.2, 0.25) is 0 Å². The van der Waals surface area contributed by atoms with E-state index in [1.54, 1.807) is 0 Å². The van der Waals surface area contributed by atoms with E-state index in [9.17, 15) is 4.79 Å². The van der Waals surface area contributed by atoms with Crippen LogP contribution in [0.4, 0.5) is 0 Å². The van der Waals surface area contributed by atoms with Gasteiger partial charge in [-0.3, -0.25) is 4.79 Å². The average Bonchev–Trinajstić information content (AvgIpc) is 2.85. The Morgan fingerprint density at radius 3 is 2.52 bits per heavy atom. The largest absolute Gasteiger partial charge is 0.364 e. The number of nitrogens with one attached hydrogen (secondary N) is 1. The van der Waals surface area contributed by atoms with Crippen molar-refractivity contribution in [1.29, 1.82) is 0 Å². The zero-order valence-electron chi connectivity index (χ0n) is 13.1. The van der Waals surface area contributed by atoms with Crippen LogP contribution in [-0.4, -0.2) is 17.5 Å². The fourth-order valence-corrected chi connectivity index (χ4v) is 3.44. The number of hydrogen-bond donors (Lipinski definition) is 3. The van der Waals surface area contributed by atoms with E-state index in [2.05, 4.69) is 5.32 Å². The number of carbonyl (C=O) groups is 1. The second-order valence-electron chi connectivity index (χ2n) is 5.51. The molecule has 5 heteroatoms. The highest BCUT2D eigenvalue weighted by Gasteiger charge is 2.22. The number of hydrogen-bond acceptors (Lipinski definition) is 3. The number of fused-ring (bicyclic) bond motifs is 1. The highest BCUT2D eigenvalue weighted by Crippen LogP contribution is 2.39. The van der Waals surface area contributed by atoms with Crippen LogP contribution in [0.1, 0.15) is 16.1 Å². The van der Waals surface area contributed by atoms with Gasteiger partial charge in [0.15, 0.2) is 0 Å². The molecule has 0 atom stereocenters. The number of primary amides is 1. The number of benzene rings is 2. The molecule has 0 radical (unpaired) electrons. The fourth-order valence-electron chi connectivity index (χ4n) is 3.06. The molecule has 1 aromatic heterocycles. The number of aromatic nitrogens is 1. The van der Waals surface area contributed by atoms with Gasteiger partial charge in [0.25, 0.3) is 5.91 Å². The third kappa shape index (κ3) is 2.52. The van der Waals surface area contributed by atoms with E-state index in [-0.39, 0.29) is 0 Å². The quantitative estimate of drug-likeness (QED) is 0.646. The summed E-state index contributed by atoms with van der Waals surface area (Å²) in [5, 5.41) is 4.11. The summed E-state index contributed by atoms with van der Waals surface area (Å²) in [5.41, 5.74) is 10.0. The summed E-state index contributed by atoms with van der Waals surface area (Å²) in [6, 6.07) is 13.9. The molecule has 3 aromatic rings. The SMILES string of the molecule is CNCc1ccc2c(c1S)c(-c1ccccc1)c(C(N)=O)n2C. The van der Waals surface area contributed by atoms with Crippen molar-refractivity contribution in [2.24, 2.45) is 12.8 Å². The van der Waals surface area contributed by atoms with E-state index >= 15 is 0 Å². The van der Waals surface area contributed by atoms with Gasteiger partial charge in [0.1, 0.15) is 5.69 Å². The molecule has 118 valence electrons. The summed E-state index contributed by atoms with van der Waals surface area (Å²) in [6.07, 6.45) is 0. The summed E-state index contributed by atoms with van der Waals surface area (Å²) < 4.78 is 1.85. The molecule has 3 N–H and O–H groups in total. The summed E-state index contributed by atoms with van der Waals surface area (Å²) in [5.74, 6) is -0.439. The molecule has 0 bridgehead atoms. The first kappa shape index (κ1) is 15.6. The van der Waals surface area contributed by atoms with Crippen LogP contribution in [0.2, 0.25) is 0 Å². The van der Waals surface area contributed by atoms with Crippen LogP contribution in [0.25, 0.3) is 22.0 Å². The van der Waals surface area contributed by atoms with Crippen LogP contribution in [0.3, 0.4) is 0 Å². The lowest BCUT2D eigenvalue weighted by Gasteiger charge is -2.08. The molecule has 0 fully saturated rings. The van der Waals surface area contributed by atoms with Gasteiger partial charge in [-0.1, -0.05) is 36.4 Å². The van der Waals surface area contributed by atoms with Crippen LogP contribution >= 0.6 is 12.6 Å². The predicted molar refractivity (Wildman–Crippen MR) is 96.9 cm³/mol. The molecule has 1 heterocycles. The number of amides is 1. The van der Waals surface area contributed by atoms with Crippen molar-refractivity contribution in [2.45, 2.75) is 11.4 Å². The lowest BCUT2D eigenvalue weighted by Crippen LogP contribution is -2.16. The number of rotatable bonds is 4. The molecule has 3 rings (SSSR count). The lowest BCUT2D eigenvalue weighted by molar-refractivity contribution is 0.0993. The van der Waals surface area contributed by atoms with E-state index in [4.69, 9.17) is 18.4 Å². The fraction of sp³-hybridized carbons (Fsp3) is 0.167. The minimum Gasteiger partial charge on any atom is -0.364 e. The first-order valence-corrected chi connectivity index (χ1v) is 7.84. The van der Waals surface area contributed by atoms with E-state index in [0.717, 1.165) is 32.5 Å². The Balaban J connectivity index is 2.45. The number of thiol groups is 1. The van der Waals surface area contributed by atoms with Gasteiger partial charge in [-0.25, -0.2) is 0 Å². The van der Waals surface area contributed by atoms with Crippen molar-refractivity contribution in [3.8, 4) is 11.1 Å². The molecule has 4 nitrogen and oxygen atoms in total. The Hall–Kier alpha value is -2.24. The zero-order valence-corrected chi connectivity index (χ0v) is 14.0. The third-order valence-corrected chi connectivity index (χ3v) is 4.60. The Morgan fingerprint density at radius 2 is 1.91 bits per heavy atom. The maximum atomic E-state index is 12.1. The second kappa shape index (κ2) is 6.10. The lowest BCUT2D eigenvalue weighted by atomic mass is 10.00. The van der Waals surface area contributed by atoms with Gasteiger partial charge in [-0.2, -0.15) is 0 Å². The van der Waals surface area contributed by atoms with E-state index in [1.807, 2.05) is 61.1 Å². The van der Waals surface area contributed by atoms with Crippen LogP contribution < -0.4 is 11.1 Å². The Bertz CT molecular complexity index is 884. The Morgan fingerprint density at radius 1 is 1.22 bits per heavy atom. The summed E-state index contributed by atoms with van der Waals surface area (Å²) in [4.78, 5) is 12.9. The highest BCUT2D eigenvalue weighted by molar-refractivity contribution is 7.80. The predicted octanol–water partition coefficient (Wildman–Crippen LogP) is 2.95. The van der Waals surface area contributed by atoms with Crippen molar-refractivity contribution in [3.63, 3.8) is 0 Å². The van der Waals surface area contributed by atoms with Crippen molar-refractivity contribution in [1.82, 2.24) is 9.88 Å². The number of carbonyl (C=O) groups excluding carboxylic acids is 1. The molecular weight excluding hydrogens is 306 g/mol. The minimum atomic E-state index is -0.439.